The van der Waals surface area contributed by atoms with Gasteiger partial charge in [0, 0.05) is 0 Å². The van der Waals surface area contributed by atoms with Crippen molar-refractivity contribution >= 4 is 17.6 Å². The lowest BCUT2D eigenvalue weighted by atomic mass is 10.2. The first-order chi connectivity index (χ1) is 6.79. The van der Waals surface area contributed by atoms with Crippen LogP contribution >= 0.6 is 11.6 Å². The van der Waals surface area contributed by atoms with Gasteiger partial charge in [-0.25, -0.2) is 9.78 Å². The maximum Gasteiger partial charge on any atom is 0.393 e. The molecule has 0 aromatic carbocycles. The molecule has 0 radical (unpaired) electrons. The van der Waals surface area contributed by atoms with Crippen LogP contribution in [0, 0.1) is 0 Å². The molecule has 1 heterocycles. The van der Waals surface area contributed by atoms with Gasteiger partial charge in [-0.1, -0.05) is 17.7 Å². The van der Waals surface area contributed by atoms with Gasteiger partial charge < -0.3 is 5.11 Å². The highest BCUT2D eigenvalue weighted by molar-refractivity contribution is 6.30. The Bertz CT molecular complexity index is 392. The standard InChI is InChI=1S/C8H5ClF3NO2/c9-6-4(3-8(10,11)12)1-2-5(13-6)7(14)15/h1-2H,3H2,(H,14,15). The monoisotopic (exact) mass is 239 g/mol. The first kappa shape index (κ1) is 11.8. The largest absolute Gasteiger partial charge is 0.477 e. The van der Waals surface area contributed by atoms with E-state index >= 15 is 0 Å². The molecular weight excluding hydrogens is 235 g/mol. The average molecular weight is 240 g/mol. The smallest absolute Gasteiger partial charge is 0.393 e. The van der Waals surface area contributed by atoms with Crippen molar-refractivity contribution in [2.45, 2.75) is 12.6 Å². The summed E-state index contributed by atoms with van der Waals surface area (Å²) in [5.41, 5.74) is -0.625. The molecule has 1 aromatic heterocycles. The SMILES string of the molecule is O=C(O)c1ccc(CC(F)(F)F)c(Cl)n1. The van der Waals surface area contributed by atoms with E-state index in [1.807, 2.05) is 0 Å². The minimum atomic E-state index is -4.39. The Hall–Kier alpha value is -1.30. The van der Waals surface area contributed by atoms with Crippen LogP contribution in [0.1, 0.15) is 16.1 Å². The predicted molar refractivity (Wildman–Crippen MR) is 46.0 cm³/mol. The van der Waals surface area contributed by atoms with E-state index in [1.54, 1.807) is 0 Å². The van der Waals surface area contributed by atoms with Crippen LogP contribution in [0.4, 0.5) is 13.2 Å². The fourth-order valence-corrected chi connectivity index (χ4v) is 1.15. The summed E-state index contributed by atoms with van der Waals surface area (Å²) in [6, 6.07) is 1.99. The van der Waals surface area contributed by atoms with Crippen molar-refractivity contribution < 1.29 is 23.1 Å². The summed E-state index contributed by atoms with van der Waals surface area (Å²) in [4.78, 5) is 13.7. The van der Waals surface area contributed by atoms with E-state index < -0.39 is 23.7 Å². The minimum absolute atomic E-state index is 0.242. The van der Waals surface area contributed by atoms with Crippen LogP contribution in [0.5, 0.6) is 0 Å². The van der Waals surface area contributed by atoms with E-state index in [0.717, 1.165) is 12.1 Å². The van der Waals surface area contributed by atoms with Crippen molar-refractivity contribution in [2.75, 3.05) is 0 Å². The third kappa shape index (κ3) is 3.39. The zero-order chi connectivity index (χ0) is 11.6. The molecule has 15 heavy (non-hydrogen) atoms. The number of nitrogens with zero attached hydrogens (tertiary/aromatic N) is 1. The fourth-order valence-electron chi connectivity index (χ4n) is 0.930. The molecule has 0 amide bonds. The second-order valence-corrected chi connectivity index (χ2v) is 3.10. The van der Waals surface area contributed by atoms with Crippen molar-refractivity contribution in [3.05, 3.63) is 28.5 Å². The van der Waals surface area contributed by atoms with E-state index in [2.05, 4.69) is 4.98 Å². The summed E-state index contributed by atoms with van der Waals surface area (Å²) < 4.78 is 35.9. The Balaban J connectivity index is 2.99. The minimum Gasteiger partial charge on any atom is -0.477 e. The zero-order valence-corrected chi connectivity index (χ0v) is 7.93. The molecule has 0 aliphatic carbocycles. The summed E-state index contributed by atoms with van der Waals surface area (Å²) >= 11 is 5.41. The Morgan fingerprint density at radius 2 is 2.07 bits per heavy atom. The number of alkyl halides is 3. The predicted octanol–water partition coefficient (Wildman–Crippen LogP) is 2.54. The molecule has 7 heteroatoms. The molecule has 1 N–H and O–H groups in total. The second kappa shape index (κ2) is 4.06. The Labute approximate surface area is 87.5 Å². The quantitative estimate of drug-likeness (QED) is 0.807. The van der Waals surface area contributed by atoms with Crippen LogP contribution in [-0.2, 0) is 6.42 Å². The van der Waals surface area contributed by atoms with E-state index in [-0.39, 0.29) is 11.3 Å². The van der Waals surface area contributed by atoms with Gasteiger partial charge in [0.25, 0.3) is 0 Å². The van der Waals surface area contributed by atoms with E-state index in [4.69, 9.17) is 16.7 Å². The molecule has 1 aromatic rings. The van der Waals surface area contributed by atoms with Gasteiger partial charge in [0.05, 0.1) is 6.42 Å². The highest BCUT2D eigenvalue weighted by atomic mass is 35.5. The van der Waals surface area contributed by atoms with Gasteiger partial charge >= 0.3 is 12.1 Å². The molecule has 0 bridgehead atoms. The fraction of sp³-hybridized carbons (Fsp3) is 0.250. The van der Waals surface area contributed by atoms with E-state index in [0.29, 0.717) is 0 Å². The summed E-state index contributed by atoms with van der Waals surface area (Å²) in [6.07, 6.45) is -5.62. The molecule has 0 atom stereocenters. The number of aromatic nitrogens is 1. The van der Waals surface area contributed by atoms with Crippen LogP contribution in [0.15, 0.2) is 12.1 Å². The molecule has 0 aliphatic heterocycles. The first-order valence-electron chi connectivity index (χ1n) is 3.75. The Morgan fingerprint density at radius 1 is 1.47 bits per heavy atom. The summed E-state index contributed by atoms with van der Waals surface area (Å²) in [5.74, 6) is -1.34. The number of halogens is 4. The van der Waals surface area contributed by atoms with Crippen LogP contribution in [-0.4, -0.2) is 22.2 Å². The topological polar surface area (TPSA) is 50.2 Å². The van der Waals surface area contributed by atoms with Crippen LogP contribution in [0.2, 0.25) is 5.15 Å². The molecular formula is C8H5ClF3NO2. The van der Waals surface area contributed by atoms with Gasteiger partial charge in [-0.05, 0) is 11.6 Å². The second-order valence-electron chi connectivity index (χ2n) is 2.74. The van der Waals surface area contributed by atoms with Crippen molar-refractivity contribution in [1.82, 2.24) is 4.98 Å². The molecule has 1 rings (SSSR count). The highest BCUT2D eigenvalue weighted by Gasteiger charge is 2.29. The van der Waals surface area contributed by atoms with Crippen molar-refractivity contribution in [2.24, 2.45) is 0 Å². The number of hydrogen-bond donors (Lipinski definition) is 1. The third-order valence-electron chi connectivity index (χ3n) is 1.54. The lowest BCUT2D eigenvalue weighted by molar-refractivity contribution is -0.127. The maximum absolute atomic E-state index is 12.0. The van der Waals surface area contributed by atoms with E-state index in [1.165, 1.54) is 0 Å². The summed E-state index contributed by atoms with van der Waals surface area (Å²) in [5, 5.41) is 8.05. The van der Waals surface area contributed by atoms with Crippen molar-refractivity contribution in [3.8, 4) is 0 Å². The van der Waals surface area contributed by atoms with Gasteiger partial charge in [0.15, 0.2) is 0 Å². The summed E-state index contributed by atoms with van der Waals surface area (Å²) in [6.45, 7) is 0. The van der Waals surface area contributed by atoms with Gasteiger partial charge in [-0.15, -0.1) is 0 Å². The number of hydrogen-bond acceptors (Lipinski definition) is 2. The number of pyridine rings is 1. The normalized spacial score (nSPS) is 11.5. The number of aromatic carboxylic acids is 1. The molecule has 0 unspecified atom stereocenters. The molecule has 3 nitrogen and oxygen atoms in total. The number of carboxylic acids is 1. The molecule has 0 fully saturated rings. The van der Waals surface area contributed by atoms with Gasteiger partial charge in [-0.2, -0.15) is 13.2 Å². The Morgan fingerprint density at radius 3 is 2.47 bits per heavy atom. The van der Waals surface area contributed by atoms with Crippen LogP contribution in [0.3, 0.4) is 0 Å². The number of carboxylic acid groups (broad SMARTS) is 1. The molecule has 0 aliphatic rings. The van der Waals surface area contributed by atoms with Crippen LogP contribution < -0.4 is 0 Å². The van der Waals surface area contributed by atoms with Crippen molar-refractivity contribution in [3.63, 3.8) is 0 Å². The van der Waals surface area contributed by atoms with Crippen molar-refractivity contribution in [1.29, 1.82) is 0 Å². The molecule has 82 valence electrons. The summed E-state index contributed by atoms with van der Waals surface area (Å²) in [7, 11) is 0. The highest BCUT2D eigenvalue weighted by Crippen LogP contribution is 2.25. The average Bonchev–Trinajstić information content (AvgIpc) is 2.05. The molecule has 0 saturated carbocycles. The molecule has 0 spiro atoms. The van der Waals surface area contributed by atoms with E-state index in [9.17, 15) is 18.0 Å². The lowest BCUT2D eigenvalue weighted by Gasteiger charge is -2.07. The van der Waals surface area contributed by atoms with Gasteiger partial charge in [-0.3, -0.25) is 0 Å². The zero-order valence-electron chi connectivity index (χ0n) is 7.18. The van der Waals surface area contributed by atoms with Crippen LogP contribution in [0.25, 0.3) is 0 Å². The number of carbonyl (C=O) groups is 1. The maximum atomic E-state index is 12.0. The third-order valence-corrected chi connectivity index (χ3v) is 1.86. The Kier molecular flexibility index (Phi) is 3.18. The van der Waals surface area contributed by atoms with Gasteiger partial charge in [0.2, 0.25) is 0 Å². The lowest BCUT2D eigenvalue weighted by Crippen LogP contribution is -2.13. The molecule has 0 saturated heterocycles. The number of rotatable bonds is 2. The first-order valence-corrected chi connectivity index (χ1v) is 4.13. The van der Waals surface area contributed by atoms with Gasteiger partial charge in [0.1, 0.15) is 10.8 Å².